The Kier molecular flexibility index (Phi) is 3.84. The van der Waals surface area contributed by atoms with E-state index in [0.29, 0.717) is 6.54 Å². The van der Waals surface area contributed by atoms with Crippen LogP contribution in [0.1, 0.15) is 17.3 Å². The summed E-state index contributed by atoms with van der Waals surface area (Å²) in [7, 11) is 0. The number of pyridine rings is 1. The zero-order valence-electron chi connectivity index (χ0n) is 10.2. The van der Waals surface area contributed by atoms with Gasteiger partial charge in [0.1, 0.15) is 0 Å². The Balaban J connectivity index is 2.02. The first kappa shape index (κ1) is 13.1. The molecule has 5 nitrogen and oxygen atoms in total. The number of imidazole rings is 1. The van der Waals surface area contributed by atoms with Gasteiger partial charge in [-0.15, -0.1) is 0 Å². The number of aromatic nitrogens is 3. The molecule has 0 bridgehead atoms. The number of hydrogen-bond donors (Lipinski definition) is 1. The molecule has 100 valence electrons. The zero-order chi connectivity index (χ0) is 13.8. The number of nitrogens with one attached hydrogen (secondary N) is 1. The van der Waals surface area contributed by atoms with E-state index < -0.39 is 17.7 Å². The highest BCUT2D eigenvalue weighted by molar-refractivity contribution is 5.94. The van der Waals surface area contributed by atoms with E-state index in [9.17, 15) is 13.6 Å². The van der Waals surface area contributed by atoms with Gasteiger partial charge in [0.15, 0.2) is 5.82 Å². The van der Waals surface area contributed by atoms with Crippen LogP contribution >= 0.6 is 0 Å². The standard InChI is InChI=1S/C12H12F2N4O/c1-8(6-18-5-4-15-7-18)17-12(19)9-2-3-16-11(14)10(9)13/h2-5,7-8H,6H2,1H3,(H,17,19). The Hall–Kier alpha value is -2.31. The van der Waals surface area contributed by atoms with Gasteiger partial charge in [-0.3, -0.25) is 4.79 Å². The zero-order valence-corrected chi connectivity index (χ0v) is 10.2. The summed E-state index contributed by atoms with van der Waals surface area (Å²) in [6, 6.07) is 0.884. The normalized spacial score (nSPS) is 12.2. The van der Waals surface area contributed by atoms with Crippen molar-refractivity contribution in [3.8, 4) is 0 Å². The number of carbonyl (C=O) groups excluding carboxylic acids is 1. The summed E-state index contributed by atoms with van der Waals surface area (Å²) < 4.78 is 28.0. The largest absolute Gasteiger partial charge is 0.348 e. The molecule has 0 fully saturated rings. The van der Waals surface area contributed by atoms with Gasteiger partial charge in [0, 0.05) is 31.2 Å². The summed E-state index contributed by atoms with van der Waals surface area (Å²) in [6.07, 6.45) is 6.02. The molecule has 0 aromatic carbocycles. The van der Waals surface area contributed by atoms with Crippen molar-refractivity contribution in [3.63, 3.8) is 0 Å². The number of amides is 1. The maximum absolute atomic E-state index is 13.4. The van der Waals surface area contributed by atoms with Crippen LogP contribution in [0.4, 0.5) is 8.78 Å². The predicted octanol–water partition coefficient (Wildman–Crippen LogP) is 1.37. The summed E-state index contributed by atoms with van der Waals surface area (Å²) in [6.45, 7) is 2.24. The molecule has 0 aliphatic rings. The van der Waals surface area contributed by atoms with Crippen molar-refractivity contribution >= 4 is 5.91 Å². The van der Waals surface area contributed by atoms with Crippen LogP contribution in [0.3, 0.4) is 0 Å². The highest BCUT2D eigenvalue weighted by Gasteiger charge is 2.17. The van der Waals surface area contributed by atoms with Crippen LogP contribution in [-0.2, 0) is 6.54 Å². The van der Waals surface area contributed by atoms with E-state index in [1.807, 2.05) is 0 Å². The molecule has 1 N–H and O–H groups in total. The van der Waals surface area contributed by atoms with Gasteiger partial charge in [-0.1, -0.05) is 0 Å². The molecule has 2 heterocycles. The summed E-state index contributed by atoms with van der Waals surface area (Å²) in [5.41, 5.74) is -0.356. The van der Waals surface area contributed by atoms with Gasteiger partial charge in [0.2, 0.25) is 5.95 Å². The molecule has 0 saturated carbocycles. The minimum Gasteiger partial charge on any atom is -0.348 e. The van der Waals surface area contributed by atoms with E-state index in [4.69, 9.17) is 0 Å². The van der Waals surface area contributed by atoms with E-state index in [0.717, 1.165) is 12.3 Å². The summed E-state index contributed by atoms with van der Waals surface area (Å²) >= 11 is 0. The number of nitrogens with zero attached hydrogens (tertiary/aromatic N) is 3. The fourth-order valence-corrected chi connectivity index (χ4v) is 1.65. The van der Waals surface area contributed by atoms with Crippen LogP contribution in [0, 0.1) is 11.8 Å². The summed E-state index contributed by atoms with van der Waals surface area (Å²) in [5.74, 6) is -3.20. The molecule has 0 saturated heterocycles. The van der Waals surface area contributed by atoms with Crippen molar-refractivity contribution in [2.75, 3.05) is 0 Å². The maximum Gasteiger partial charge on any atom is 0.254 e. The molecule has 1 atom stereocenters. The van der Waals surface area contributed by atoms with E-state index in [2.05, 4.69) is 15.3 Å². The van der Waals surface area contributed by atoms with Crippen molar-refractivity contribution in [1.82, 2.24) is 19.9 Å². The molecule has 2 aromatic heterocycles. The fraction of sp³-hybridized carbons (Fsp3) is 0.250. The summed E-state index contributed by atoms with van der Waals surface area (Å²) in [5, 5.41) is 2.58. The molecule has 0 aliphatic carbocycles. The van der Waals surface area contributed by atoms with Crippen LogP contribution in [0.2, 0.25) is 0 Å². The third-order valence-electron chi connectivity index (χ3n) is 2.51. The SMILES string of the molecule is CC(Cn1ccnc1)NC(=O)c1ccnc(F)c1F. The van der Waals surface area contributed by atoms with Crippen molar-refractivity contribution in [2.45, 2.75) is 19.5 Å². The lowest BCUT2D eigenvalue weighted by Gasteiger charge is -2.14. The lowest BCUT2D eigenvalue weighted by Crippen LogP contribution is -2.36. The second-order valence-corrected chi connectivity index (χ2v) is 4.10. The minimum atomic E-state index is -1.28. The molecule has 0 spiro atoms. The smallest absolute Gasteiger partial charge is 0.254 e. The molecular weight excluding hydrogens is 254 g/mol. The lowest BCUT2D eigenvalue weighted by molar-refractivity contribution is 0.0931. The van der Waals surface area contributed by atoms with Crippen LogP contribution in [0.5, 0.6) is 0 Å². The van der Waals surface area contributed by atoms with E-state index >= 15 is 0 Å². The maximum atomic E-state index is 13.4. The third kappa shape index (κ3) is 3.12. The van der Waals surface area contributed by atoms with Crippen molar-refractivity contribution in [3.05, 3.63) is 48.3 Å². The van der Waals surface area contributed by atoms with Gasteiger partial charge in [0.05, 0.1) is 11.9 Å². The Morgan fingerprint density at radius 3 is 2.95 bits per heavy atom. The first-order valence-corrected chi connectivity index (χ1v) is 5.64. The monoisotopic (exact) mass is 266 g/mol. The van der Waals surface area contributed by atoms with Crippen LogP contribution in [0.25, 0.3) is 0 Å². The third-order valence-corrected chi connectivity index (χ3v) is 2.51. The van der Waals surface area contributed by atoms with Crippen LogP contribution < -0.4 is 5.32 Å². The van der Waals surface area contributed by atoms with Gasteiger partial charge in [-0.2, -0.15) is 4.39 Å². The van der Waals surface area contributed by atoms with Crippen molar-refractivity contribution in [2.24, 2.45) is 0 Å². The molecular formula is C12H12F2N4O. The van der Waals surface area contributed by atoms with E-state index in [-0.39, 0.29) is 11.6 Å². The molecule has 0 radical (unpaired) electrons. The lowest BCUT2D eigenvalue weighted by atomic mass is 10.2. The highest BCUT2D eigenvalue weighted by atomic mass is 19.2. The van der Waals surface area contributed by atoms with Gasteiger partial charge in [-0.05, 0) is 13.0 Å². The number of hydrogen-bond acceptors (Lipinski definition) is 3. The number of rotatable bonds is 4. The molecule has 1 amide bonds. The summed E-state index contributed by atoms with van der Waals surface area (Å²) in [4.78, 5) is 18.8. The molecule has 1 unspecified atom stereocenters. The molecule has 2 rings (SSSR count). The quantitative estimate of drug-likeness (QED) is 0.850. The second kappa shape index (κ2) is 5.55. The molecule has 2 aromatic rings. The molecule has 0 aliphatic heterocycles. The molecule has 19 heavy (non-hydrogen) atoms. The Morgan fingerprint density at radius 2 is 2.26 bits per heavy atom. The van der Waals surface area contributed by atoms with Gasteiger partial charge in [-0.25, -0.2) is 14.4 Å². The minimum absolute atomic E-state index is 0.252. The Labute approximate surface area is 108 Å². The van der Waals surface area contributed by atoms with Crippen molar-refractivity contribution in [1.29, 1.82) is 0 Å². The van der Waals surface area contributed by atoms with Crippen molar-refractivity contribution < 1.29 is 13.6 Å². The molecule has 7 heteroatoms. The average Bonchev–Trinajstić information content (AvgIpc) is 2.85. The van der Waals surface area contributed by atoms with Crippen LogP contribution in [0.15, 0.2) is 31.0 Å². The van der Waals surface area contributed by atoms with Gasteiger partial charge >= 0.3 is 0 Å². The second-order valence-electron chi connectivity index (χ2n) is 4.10. The first-order chi connectivity index (χ1) is 9.08. The van der Waals surface area contributed by atoms with Gasteiger partial charge in [0.25, 0.3) is 5.91 Å². The topological polar surface area (TPSA) is 59.8 Å². The van der Waals surface area contributed by atoms with E-state index in [1.165, 1.54) is 0 Å². The average molecular weight is 266 g/mol. The first-order valence-electron chi connectivity index (χ1n) is 5.64. The van der Waals surface area contributed by atoms with Crippen LogP contribution in [-0.4, -0.2) is 26.5 Å². The van der Waals surface area contributed by atoms with E-state index in [1.54, 1.807) is 30.2 Å². The predicted molar refractivity (Wildman–Crippen MR) is 63.3 cm³/mol. The number of carbonyl (C=O) groups is 1. The Bertz CT molecular complexity index is 571. The Morgan fingerprint density at radius 1 is 1.47 bits per heavy atom. The van der Waals surface area contributed by atoms with Gasteiger partial charge < -0.3 is 9.88 Å². The highest BCUT2D eigenvalue weighted by Crippen LogP contribution is 2.09. The number of halogens is 2. The fourth-order valence-electron chi connectivity index (χ4n) is 1.65.